The van der Waals surface area contributed by atoms with Crippen molar-refractivity contribution in [1.29, 1.82) is 0 Å². The third-order valence-corrected chi connectivity index (χ3v) is 6.77. The Balaban J connectivity index is 1.53. The fourth-order valence-corrected chi connectivity index (χ4v) is 5.26. The van der Waals surface area contributed by atoms with E-state index in [1.165, 1.54) is 22.7 Å². The molecule has 0 saturated carbocycles. The zero-order valence-electron chi connectivity index (χ0n) is 15.1. The van der Waals surface area contributed by atoms with E-state index in [0.717, 1.165) is 32.2 Å². The first kappa shape index (κ1) is 18.2. The number of nitrogens with zero attached hydrogens (tertiary/aromatic N) is 3. The zero-order valence-corrected chi connectivity index (χ0v) is 17.5. The Hall–Kier alpha value is -2.80. The summed E-state index contributed by atoms with van der Waals surface area (Å²) in [7, 11) is 0. The zero-order chi connectivity index (χ0) is 19.8. The van der Waals surface area contributed by atoms with Gasteiger partial charge in [-0.1, -0.05) is 60.1 Å². The van der Waals surface area contributed by atoms with Crippen molar-refractivity contribution >= 4 is 44.5 Å². The van der Waals surface area contributed by atoms with E-state index in [9.17, 15) is 4.79 Å². The molecule has 0 aliphatic heterocycles. The van der Waals surface area contributed by atoms with Crippen molar-refractivity contribution in [2.75, 3.05) is 0 Å². The largest absolute Gasteiger partial charge is 0.293 e. The van der Waals surface area contributed by atoms with Crippen molar-refractivity contribution < 1.29 is 0 Å². The molecule has 0 N–H and O–H groups in total. The molecule has 0 aliphatic carbocycles. The molecule has 3 heterocycles. The molecule has 2 aromatic carbocycles. The van der Waals surface area contributed by atoms with Crippen molar-refractivity contribution in [2.45, 2.75) is 6.54 Å². The van der Waals surface area contributed by atoms with E-state index in [-0.39, 0.29) is 5.56 Å². The molecule has 0 atom stereocenters. The molecule has 0 aliphatic rings. The van der Waals surface area contributed by atoms with E-state index >= 15 is 0 Å². The van der Waals surface area contributed by atoms with Crippen molar-refractivity contribution in [1.82, 2.24) is 14.5 Å². The second-order valence-electron chi connectivity index (χ2n) is 6.50. The van der Waals surface area contributed by atoms with Crippen LogP contribution in [0.15, 0.2) is 76.5 Å². The number of benzene rings is 2. The second kappa shape index (κ2) is 7.55. The fourth-order valence-electron chi connectivity index (χ4n) is 3.22. The number of thiophene rings is 1. The van der Waals surface area contributed by atoms with E-state index in [0.29, 0.717) is 17.0 Å². The summed E-state index contributed by atoms with van der Waals surface area (Å²) in [5.74, 6) is 0. The molecule has 0 saturated heterocycles. The number of rotatable bonds is 4. The first-order valence-corrected chi connectivity index (χ1v) is 11.1. The Morgan fingerprint density at radius 3 is 2.55 bits per heavy atom. The maximum Gasteiger partial charge on any atom is 0.263 e. The van der Waals surface area contributed by atoms with E-state index in [4.69, 9.17) is 11.6 Å². The van der Waals surface area contributed by atoms with Gasteiger partial charge in [-0.05, 0) is 11.6 Å². The molecule has 0 unspecified atom stereocenters. The van der Waals surface area contributed by atoms with Gasteiger partial charge in [0, 0.05) is 21.9 Å². The van der Waals surface area contributed by atoms with Crippen molar-refractivity contribution in [3.63, 3.8) is 0 Å². The molecule has 142 valence electrons. The summed E-state index contributed by atoms with van der Waals surface area (Å²) >= 11 is 9.29. The van der Waals surface area contributed by atoms with E-state index < -0.39 is 0 Å². The summed E-state index contributed by atoms with van der Waals surface area (Å²) < 4.78 is 1.62. The van der Waals surface area contributed by atoms with Gasteiger partial charge in [0.05, 0.1) is 29.0 Å². The number of aromatic nitrogens is 3. The van der Waals surface area contributed by atoms with Crippen LogP contribution in [0.5, 0.6) is 0 Å². The first-order valence-electron chi connectivity index (χ1n) is 8.92. The van der Waals surface area contributed by atoms with Crippen LogP contribution in [0.25, 0.3) is 31.9 Å². The van der Waals surface area contributed by atoms with Crippen LogP contribution in [-0.2, 0) is 6.54 Å². The monoisotopic (exact) mass is 435 g/mol. The van der Waals surface area contributed by atoms with Crippen molar-refractivity contribution in [3.8, 4) is 21.7 Å². The Morgan fingerprint density at radius 2 is 1.72 bits per heavy atom. The number of hydrogen-bond donors (Lipinski definition) is 0. The average Bonchev–Trinajstić information content (AvgIpc) is 3.39. The molecule has 0 spiro atoms. The molecule has 5 aromatic rings. The van der Waals surface area contributed by atoms with Crippen LogP contribution in [0, 0.1) is 0 Å². The lowest BCUT2D eigenvalue weighted by Crippen LogP contribution is -2.21. The van der Waals surface area contributed by atoms with Gasteiger partial charge in [0.15, 0.2) is 0 Å². The minimum atomic E-state index is -0.0533. The van der Waals surface area contributed by atoms with Crippen LogP contribution in [0.4, 0.5) is 0 Å². The summed E-state index contributed by atoms with van der Waals surface area (Å²) in [5, 5.41) is 6.12. The molecular weight excluding hydrogens is 422 g/mol. The highest BCUT2D eigenvalue weighted by atomic mass is 35.5. The molecule has 7 heteroatoms. The predicted molar refractivity (Wildman–Crippen MR) is 121 cm³/mol. The Labute approximate surface area is 179 Å². The van der Waals surface area contributed by atoms with E-state index in [1.54, 1.807) is 10.9 Å². The Morgan fingerprint density at radius 1 is 0.931 bits per heavy atom. The van der Waals surface area contributed by atoms with Crippen LogP contribution < -0.4 is 5.56 Å². The van der Waals surface area contributed by atoms with Gasteiger partial charge in [0.2, 0.25) is 0 Å². The van der Waals surface area contributed by atoms with Gasteiger partial charge >= 0.3 is 0 Å². The third-order valence-electron chi connectivity index (χ3n) is 4.63. The predicted octanol–water partition coefficient (Wildman–Crippen LogP) is 5.95. The topological polar surface area (TPSA) is 47.8 Å². The van der Waals surface area contributed by atoms with E-state index in [1.807, 2.05) is 65.4 Å². The van der Waals surface area contributed by atoms with Gasteiger partial charge in [0.25, 0.3) is 5.56 Å². The minimum Gasteiger partial charge on any atom is -0.293 e. The van der Waals surface area contributed by atoms with Gasteiger partial charge in [-0.25, -0.2) is 9.97 Å². The molecule has 29 heavy (non-hydrogen) atoms. The minimum absolute atomic E-state index is 0.0533. The van der Waals surface area contributed by atoms with Gasteiger partial charge in [-0.3, -0.25) is 9.36 Å². The SMILES string of the molecule is O=c1c2c(-c3ccccc3)csc2ncn1Cc1csc(-c2ccccc2Cl)n1. The highest BCUT2D eigenvalue weighted by molar-refractivity contribution is 7.17. The third kappa shape index (κ3) is 3.40. The van der Waals surface area contributed by atoms with Crippen molar-refractivity contribution in [3.05, 3.63) is 92.8 Å². The second-order valence-corrected chi connectivity index (χ2v) is 8.62. The summed E-state index contributed by atoms with van der Waals surface area (Å²) in [4.78, 5) is 23.1. The van der Waals surface area contributed by atoms with Gasteiger partial charge < -0.3 is 0 Å². The summed E-state index contributed by atoms with van der Waals surface area (Å²) in [6.45, 7) is 0.368. The normalized spacial score (nSPS) is 11.2. The molecule has 5 rings (SSSR count). The lowest BCUT2D eigenvalue weighted by Gasteiger charge is -2.05. The number of hydrogen-bond acceptors (Lipinski definition) is 5. The Kier molecular flexibility index (Phi) is 4.75. The molecule has 3 aromatic heterocycles. The number of halogens is 1. The summed E-state index contributed by atoms with van der Waals surface area (Å²) in [6, 6.07) is 17.6. The molecule has 0 bridgehead atoms. The van der Waals surface area contributed by atoms with Crippen LogP contribution in [0.1, 0.15) is 5.69 Å². The highest BCUT2D eigenvalue weighted by Gasteiger charge is 2.14. The van der Waals surface area contributed by atoms with Crippen molar-refractivity contribution in [2.24, 2.45) is 0 Å². The average molecular weight is 436 g/mol. The van der Waals surface area contributed by atoms with Gasteiger partial charge in [-0.2, -0.15) is 0 Å². The molecule has 0 radical (unpaired) electrons. The van der Waals surface area contributed by atoms with Gasteiger partial charge in [-0.15, -0.1) is 22.7 Å². The maximum absolute atomic E-state index is 13.2. The van der Waals surface area contributed by atoms with Crippen LogP contribution in [-0.4, -0.2) is 14.5 Å². The number of thiazole rings is 1. The molecule has 4 nitrogen and oxygen atoms in total. The lowest BCUT2D eigenvalue weighted by molar-refractivity contribution is 0.735. The maximum atomic E-state index is 13.2. The summed E-state index contributed by atoms with van der Waals surface area (Å²) in [5.41, 5.74) is 3.60. The fraction of sp³-hybridized carbons (Fsp3) is 0.0455. The molecular formula is C22H14ClN3OS2. The van der Waals surface area contributed by atoms with Crippen LogP contribution in [0.3, 0.4) is 0 Å². The standard InChI is InChI=1S/C22H14ClN3OS2/c23-18-9-5-4-8-16(18)20-25-15(11-28-20)10-26-13-24-21-19(22(26)27)17(12-29-21)14-6-2-1-3-7-14/h1-9,11-13H,10H2. The first-order chi connectivity index (χ1) is 14.2. The quantitative estimate of drug-likeness (QED) is 0.350. The lowest BCUT2D eigenvalue weighted by atomic mass is 10.1. The van der Waals surface area contributed by atoms with Crippen LogP contribution in [0.2, 0.25) is 5.02 Å². The Bertz CT molecular complexity index is 1370. The van der Waals surface area contributed by atoms with E-state index in [2.05, 4.69) is 9.97 Å². The smallest absolute Gasteiger partial charge is 0.263 e. The van der Waals surface area contributed by atoms with Gasteiger partial charge in [0.1, 0.15) is 9.84 Å². The summed E-state index contributed by atoms with van der Waals surface area (Å²) in [6.07, 6.45) is 1.60. The van der Waals surface area contributed by atoms with Crippen LogP contribution >= 0.6 is 34.3 Å². The highest BCUT2D eigenvalue weighted by Crippen LogP contribution is 2.31. The number of fused-ring (bicyclic) bond motifs is 1. The molecule has 0 amide bonds. The molecule has 0 fully saturated rings.